The Kier molecular flexibility index (Phi) is 3.86. The van der Waals surface area contributed by atoms with Crippen molar-refractivity contribution in [3.05, 3.63) is 49.1 Å². The van der Waals surface area contributed by atoms with E-state index in [1.54, 1.807) is 12.4 Å². The van der Waals surface area contributed by atoms with Gasteiger partial charge in [-0.1, -0.05) is 30.9 Å². The number of allylic oxidation sites excluding steroid dienone is 3. The number of fused-ring (bicyclic) bond motifs is 1. The largest absolute Gasteiger partial charge is 0.364 e. The summed E-state index contributed by atoms with van der Waals surface area (Å²) in [6.07, 6.45) is 10.8. The summed E-state index contributed by atoms with van der Waals surface area (Å²) >= 11 is 0. The Morgan fingerprint density at radius 2 is 2.33 bits per heavy atom. The standard InChI is InChI=1S/C13H15N5/c1-3-5-6-10(4-2)7-14-12-11-13(16-8-15-11)18-9-17-12/h3-6,8-9H,1,7H2,2H3,(H2,14,15,16,17,18)/b6-5-,10-4+. The number of aromatic nitrogens is 4. The van der Waals surface area contributed by atoms with Crippen LogP contribution in [-0.2, 0) is 0 Å². The van der Waals surface area contributed by atoms with Gasteiger partial charge >= 0.3 is 0 Å². The lowest BCUT2D eigenvalue weighted by atomic mass is 10.2. The molecule has 0 aliphatic carbocycles. The first-order valence-electron chi connectivity index (χ1n) is 5.67. The van der Waals surface area contributed by atoms with Gasteiger partial charge in [0.1, 0.15) is 11.8 Å². The molecule has 18 heavy (non-hydrogen) atoms. The fourth-order valence-corrected chi connectivity index (χ4v) is 1.53. The molecule has 2 aromatic heterocycles. The molecule has 0 amide bonds. The Labute approximate surface area is 105 Å². The molecule has 0 aliphatic rings. The normalized spacial score (nSPS) is 12.2. The maximum absolute atomic E-state index is 4.20. The molecule has 0 radical (unpaired) electrons. The van der Waals surface area contributed by atoms with Crippen LogP contribution in [0.2, 0.25) is 0 Å². The minimum atomic E-state index is 0.663. The number of imidazole rings is 1. The van der Waals surface area contributed by atoms with E-state index in [1.165, 1.54) is 6.33 Å². The van der Waals surface area contributed by atoms with Crippen LogP contribution in [0.1, 0.15) is 6.92 Å². The summed E-state index contributed by atoms with van der Waals surface area (Å²) in [6, 6.07) is 0. The number of hydrogen-bond donors (Lipinski definition) is 2. The van der Waals surface area contributed by atoms with E-state index in [9.17, 15) is 0 Å². The van der Waals surface area contributed by atoms with Crippen LogP contribution in [0, 0.1) is 0 Å². The van der Waals surface area contributed by atoms with Crippen LogP contribution < -0.4 is 5.32 Å². The van der Waals surface area contributed by atoms with E-state index in [2.05, 4.69) is 31.8 Å². The van der Waals surface area contributed by atoms with Gasteiger partial charge in [0.25, 0.3) is 0 Å². The van der Waals surface area contributed by atoms with E-state index in [-0.39, 0.29) is 0 Å². The highest BCUT2D eigenvalue weighted by atomic mass is 15.1. The Hall–Kier alpha value is -2.43. The van der Waals surface area contributed by atoms with Gasteiger partial charge in [-0.3, -0.25) is 0 Å². The summed E-state index contributed by atoms with van der Waals surface area (Å²) in [5.41, 5.74) is 2.64. The van der Waals surface area contributed by atoms with Gasteiger partial charge in [0.15, 0.2) is 11.5 Å². The van der Waals surface area contributed by atoms with Gasteiger partial charge in [0.05, 0.1) is 6.33 Å². The average molecular weight is 241 g/mol. The second kappa shape index (κ2) is 5.77. The van der Waals surface area contributed by atoms with Crippen molar-refractivity contribution >= 4 is 17.0 Å². The van der Waals surface area contributed by atoms with Gasteiger partial charge in [-0.05, 0) is 12.5 Å². The molecule has 0 bridgehead atoms. The van der Waals surface area contributed by atoms with Crippen molar-refractivity contribution in [1.82, 2.24) is 19.9 Å². The quantitative estimate of drug-likeness (QED) is 0.789. The molecular formula is C13H15N5. The first kappa shape index (κ1) is 12.0. The predicted octanol–water partition coefficient (Wildman–Crippen LogP) is 2.45. The molecule has 0 saturated heterocycles. The SMILES string of the molecule is C=C/C=C\C(=C/C)CNc1ncnc2nc[nH]c12. The summed E-state index contributed by atoms with van der Waals surface area (Å²) in [4.78, 5) is 15.4. The number of aromatic amines is 1. The summed E-state index contributed by atoms with van der Waals surface area (Å²) < 4.78 is 0. The lowest BCUT2D eigenvalue weighted by molar-refractivity contribution is 1.15. The molecule has 2 heterocycles. The molecule has 2 N–H and O–H groups in total. The van der Waals surface area contributed by atoms with Crippen LogP contribution >= 0.6 is 0 Å². The number of nitrogens with zero attached hydrogens (tertiary/aromatic N) is 3. The third-order valence-corrected chi connectivity index (χ3v) is 2.50. The van der Waals surface area contributed by atoms with Crippen molar-refractivity contribution in [2.75, 3.05) is 11.9 Å². The lowest BCUT2D eigenvalue weighted by Gasteiger charge is -2.06. The van der Waals surface area contributed by atoms with E-state index in [0.717, 1.165) is 16.9 Å². The zero-order valence-electron chi connectivity index (χ0n) is 10.2. The monoisotopic (exact) mass is 241 g/mol. The Bertz CT molecular complexity index is 594. The van der Waals surface area contributed by atoms with E-state index in [4.69, 9.17) is 0 Å². The smallest absolute Gasteiger partial charge is 0.182 e. The van der Waals surface area contributed by atoms with Gasteiger partial charge in [-0.25, -0.2) is 15.0 Å². The lowest BCUT2D eigenvalue weighted by Crippen LogP contribution is -2.05. The summed E-state index contributed by atoms with van der Waals surface area (Å²) in [5.74, 6) is 0.754. The zero-order valence-corrected chi connectivity index (χ0v) is 10.2. The second-order valence-corrected chi connectivity index (χ2v) is 3.64. The summed E-state index contributed by atoms with van der Waals surface area (Å²) in [7, 11) is 0. The number of H-pyrrole nitrogens is 1. The predicted molar refractivity (Wildman–Crippen MR) is 73.3 cm³/mol. The molecule has 5 nitrogen and oxygen atoms in total. The van der Waals surface area contributed by atoms with Gasteiger partial charge < -0.3 is 10.3 Å². The molecular weight excluding hydrogens is 226 g/mol. The van der Waals surface area contributed by atoms with Crippen LogP contribution in [0.25, 0.3) is 11.2 Å². The molecule has 5 heteroatoms. The van der Waals surface area contributed by atoms with Gasteiger partial charge in [-0.15, -0.1) is 0 Å². The minimum Gasteiger partial charge on any atom is -0.364 e. The molecule has 2 aromatic rings. The Morgan fingerprint density at radius 3 is 3.11 bits per heavy atom. The van der Waals surface area contributed by atoms with E-state index in [0.29, 0.717) is 12.2 Å². The third-order valence-electron chi connectivity index (χ3n) is 2.50. The van der Waals surface area contributed by atoms with Crippen molar-refractivity contribution in [2.45, 2.75) is 6.92 Å². The Balaban J connectivity index is 2.12. The summed E-state index contributed by atoms with van der Waals surface area (Å²) in [5, 5.41) is 3.26. The first-order chi connectivity index (χ1) is 8.85. The number of rotatable bonds is 5. The highest BCUT2D eigenvalue weighted by Crippen LogP contribution is 2.14. The number of hydrogen-bond acceptors (Lipinski definition) is 4. The zero-order chi connectivity index (χ0) is 12.8. The third kappa shape index (κ3) is 2.63. The molecule has 0 aliphatic heterocycles. The van der Waals surface area contributed by atoms with E-state index in [1.807, 2.05) is 25.2 Å². The van der Waals surface area contributed by atoms with Crippen molar-refractivity contribution in [1.29, 1.82) is 0 Å². The van der Waals surface area contributed by atoms with Crippen molar-refractivity contribution in [3.63, 3.8) is 0 Å². The maximum Gasteiger partial charge on any atom is 0.182 e. The first-order valence-corrected chi connectivity index (χ1v) is 5.67. The second-order valence-electron chi connectivity index (χ2n) is 3.64. The van der Waals surface area contributed by atoms with Crippen molar-refractivity contribution in [3.8, 4) is 0 Å². The van der Waals surface area contributed by atoms with Crippen LogP contribution in [0.5, 0.6) is 0 Å². The fourth-order valence-electron chi connectivity index (χ4n) is 1.53. The molecule has 0 spiro atoms. The van der Waals surface area contributed by atoms with Crippen molar-refractivity contribution in [2.24, 2.45) is 0 Å². The topological polar surface area (TPSA) is 66.5 Å². The molecule has 0 unspecified atom stereocenters. The molecule has 0 saturated carbocycles. The van der Waals surface area contributed by atoms with Gasteiger partial charge in [0, 0.05) is 6.54 Å². The van der Waals surface area contributed by atoms with E-state index < -0.39 is 0 Å². The summed E-state index contributed by atoms with van der Waals surface area (Å²) in [6.45, 7) is 6.33. The van der Waals surface area contributed by atoms with Crippen molar-refractivity contribution < 1.29 is 0 Å². The molecule has 0 fully saturated rings. The molecule has 92 valence electrons. The maximum atomic E-state index is 4.20. The van der Waals surface area contributed by atoms with Crippen LogP contribution in [-0.4, -0.2) is 26.5 Å². The molecule has 0 aromatic carbocycles. The molecule has 2 rings (SSSR count). The fraction of sp³-hybridized carbons (Fsp3) is 0.154. The average Bonchev–Trinajstić information content (AvgIpc) is 2.88. The van der Waals surface area contributed by atoms with Crippen LogP contribution in [0.15, 0.2) is 49.1 Å². The highest BCUT2D eigenvalue weighted by Gasteiger charge is 2.04. The number of nitrogens with one attached hydrogen (secondary N) is 2. The van der Waals surface area contributed by atoms with E-state index >= 15 is 0 Å². The minimum absolute atomic E-state index is 0.663. The molecule has 0 atom stereocenters. The van der Waals surface area contributed by atoms with Crippen LogP contribution in [0.4, 0.5) is 5.82 Å². The number of anilines is 1. The Morgan fingerprint density at radius 1 is 1.44 bits per heavy atom. The van der Waals surface area contributed by atoms with Crippen LogP contribution in [0.3, 0.4) is 0 Å². The van der Waals surface area contributed by atoms with Gasteiger partial charge in [-0.2, -0.15) is 0 Å². The highest BCUT2D eigenvalue weighted by molar-refractivity contribution is 5.82. The van der Waals surface area contributed by atoms with Gasteiger partial charge in [0.2, 0.25) is 0 Å².